The predicted octanol–water partition coefficient (Wildman–Crippen LogP) is 3.63. The lowest BCUT2D eigenvalue weighted by atomic mass is 9.85. The van der Waals surface area contributed by atoms with E-state index in [0.29, 0.717) is 0 Å². The molecule has 114 valence electrons. The van der Waals surface area contributed by atoms with Gasteiger partial charge in [0.25, 0.3) is 0 Å². The molecule has 1 rings (SSSR count). The van der Waals surface area contributed by atoms with Gasteiger partial charge in [-0.2, -0.15) is 0 Å². The molecule has 0 saturated heterocycles. The second-order valence-electron chi connectivity index (χ2n) is 6.88. The SMILES string of the molecule is [C-]#[N+]C(C)(C)Cc1ccc(CCC(C)(C)C(=O)NC)cc1. The molecule has 1 aromatic carbocycles. The third-order valence-electron chi connectivity index (χ3n) is 3.84. The Balaban J connectivity index is 2.64. The van der Waals surface area contributed by atoms with Gasteiger partial charge in [0.05, 0.1) is 6.42 Å². The minimum atomic E-state index is -0.348. The van der Waals surface area contributed by atoms with Crippen molar-refractivity contribution in [2.24, 2.45) is 5.41 Å². The molecule has 21 heavy (non-hydrogen) atoms. The zero-order valence-corrected chi connectivity index (χ0v) is 13.8. The molecule has 0 spiro atoms. The third-order valence-corrected chi connectivity index (χ3v) is 3.84. The Labute approximate surface area is 128 Å². The number of benzene rings is 1. The van der Waals surface area contributed by atoms with Crippen LogP contribution in [-0.4, -0.2) is 18.5 Å². The van der Waals surface area contributed by atoms with E-state index in [9.17, 15) is 4.79 Å². The summed E-state index contributed by atoms with van der Waals surface area (Å²) < 4.78 is 0. The zero-order valence-electron chi connectivity index (χ0n) is 13.8. The number of hydrogen-bond acceptors (Lipinski definition) is 1. The standard InChI is InChI=1S/C18H26N2O/c1-17(2,16(21)19-5)12-11-14-7-9-15(10-8-14)13-18(3,4)20-6/h7-10H,11-13H2,1-5H3,(H,19,21). The largest absolute Gasteiger partial charge is 0.359 e. The first kappa shape index (κ1) is 17.2. The van der Waals surface area contributed by atoms with E-state index in [-0.39, 0.29) is 16.9 Å². The van der Waals surface area contributed by atoms with Crippen LogP contribution in [0.4, 0.5) is 0 Å². The summed E-state index contributed by atoms with van der Waals surface area (Å²) in [5.41, 5.74) is 1.73. The molecule has 0 aliphatic heterocycles. The van der Waals surface area contributed by atoms with Crippen LogP contribution in [0.25, 0.3) is 4.85 Å². The van der Waals surface area contributed by atoms with Crippen molar-refractivity contribution < 1.29 is 4.79 Å². The summed E-state index contributed by atoms with van der Waals surface area (Å²) in [5.74, 6) is 0.0814. The van der Waals surface area contributed by atoms with Crippen LogP contribution in [0.5, 0.6) is 0 Å². The monoisotopic (exact) mass is 286 g/mol. The molecule has 1 aromatic rings. The van der Waals surface area contributed by atoms with Crippen LogP contribution in [0.2, 0.25) is 0 Å². The summed E-state index contributed by atoms with van der Waals surface area (Å²) in [5, 5.41) is 2.72. The molecule has 0 fully saturated rings. The van der Waals surface area contributed by atoms with Crippen molar-refractivity contribution >= 4 is 5.91 Å². The van der Waals surface area contributed by atoms with Crippen molar-refractivity contribution in [1.82, 2.24) is 5.32 Å². The van der Waals surface area contributed by atoms with Gasteiger partial charge in [0.1, 0.15) is 0 Å². The van der Waals surface area contributed by atoms with E-state index < -0.39 is 0 Å². The highest BCUT2D eigenvalue weighted by molar-refractivity contribution is 5.81. The summed E-state index contributed by atoms with van der Waals surface area (Å²) in [4.78, 5) is 15.4. The molecule has 1 amide bonds. The second kappa shape index (κ2) is 6.76. The van der Waals surface area contributed by atoms with Crippen molar-refractivity contribution in [1.29, 1.82) is 0 Å². The number of rotatable bonds is 6. The highest BCUT2D eigenvalue weighted by Gasteiger charge is 2.26. The molecule has 0 radical (unpaired) electrons. The average Bonchev–Trinajstić information content (AvgIpc) is 2.45. The molecule has 0 atom stereocenters. The Morgan fingerprint density at radius 1 is 1.14 bits per heavy atom. The van der Waals surface area contributed by atoms with Gasteiger partial charge in [-0.15, -0.1) is 0 Å². The van der Waals surface area contributed by atoms with Crippen molar-refractivity contribution in [3.63, 3.8) is 0 Å². The van der Waals surface area contributed by atoms with Crippen LogP contribution >= 0.6 is 0 Å². The summed E-state index contributed by atoms with van der Waals surface area (Å²) in [6, 6.07) is 8.40. The number of hydrogen-bond donors (Lipinski definition) is 1. The normalized spacial score (nSPS) is 11.8. The van der Waals surface area contributed by atoms with E-state index in [4.69, 9.17) is 6.57 Å². The molecule has 0 heterocycles. The Morgan fingerprint density at radius 3 is 2.14 bits per heavy atom. The van der Waals surface area contributed by atoms with Crippen LogP contribution in [0.1, 0.15) is 45.2 Å². The zero-order chi connectivity index (χ0) is 16.1. The molecule has 1 N–H and O–H groups in total. The van der Waals surface area contributed by atoms with E-state index in [1.807, 2.05) is 27.7 Å². The topological polar surface area (TPSA) is 33.5 Å². The molecule has 0 unspecified atom stereocenters. The maximum absolute atomic E-state index is 11.8. The van der Waals surface area contributed by atoms with Crippen LogP contribution in [0.3, 0.4) is 0 Å². The van der Waals surface area contributed by atoms with E-state index in [1.54, 1.807) is 7.05 Å². The molecular formula is C18H26N2O. The first-order valence-electron chi connectivity index (χ1n) is 7.39. The fraction of sp³-hybridized carbons (Fsp3) is 0.556. The summed E-state index contributed by atoms with van der Waals surface area (Å²) >= 11 is 0. The molecule has 0 aliphatic carbocycles. The van der Waals surface area contributed by atoms with Gasteiger partial charge in [0.2, 0.25) is 11.4 Å². The smallest absolute Gasteiger partial charge is 0.231 e. The molecule has 3 nitrogen and oxygen atoms in total. The first-order chi connectivity index (χ1) is 9.70. The third kappa shape index (κ3) is 5.23. The van der Waals surface area contributed by atoms with E-state index >= 15 is 0 Å². The van der Waals surface area contributed by atoms with Gasteiger partial charge in [-0.3, -0.25) is 4.79 Å². The lowest BCUT2D eigenvalue weighted by Gasteiger charge is -2.22. The van der Waals surface area contributed by atoms with Gasteiger partial charge in [-0.25, -0.2) is 6.57 Å². The summed E-state index contributed by atoms with van der Waals surface area (Å²) in [6.45, 7) is 15.0. The molecule has 0 bridgehead atoms. The summed E-state index contributed by atoms with van der Waals surface area (Å²) in [7, 11) is 1.68. The van der Waals surface area contributed by atoms with E-state index in [1.165, 1.54) is 11.1 Å². The van der Waals surface area contributed by atoms with Crippen LogP contribution < -0.4 is 5.32 Å². The number of nitrogens with one attached hydrogen (secondary N) is 1. The highest BCUT2D eigenvalue weighted by Crippen LogP contribution is 2.24. The Bertz CT molecular complexity index is 521. The quantitative estimate of drug-likeness (QED) is 0.796. The van der Waals surface area contributed by atoms with E-state index in [0.717, 1.165) is 19.3 Å². The van der Waals surface area contributed by atoms with Crippen molar-refractivity contribution in [3.05, 3.63) is 46.8 Å². The van der Waals surface area contributed by atoms with Crippen LogP contribution in [-0.2, 0) is 17.6 Å². The van der Waals surface area contributed by atoms with Crippen LogP contribution in [0.15, 0.2) is 24.3 Å². The lowest BCUT2D eigenvalue weighted by molar-refractivity contribution is -0.129. The predicted molar refractivity (Wildman–Crippen MR) is 87.0 cm³/mol. The van der Waals surface area contributed by atoms with Crippen molar-refractivity contribution in [3.8, 4) is 0 Å². The minimum absolute atomic E-state index is 0.0814. The lowest BCUT2D eigenvalue weighted by Crippen LogP contribution is -2.34. The van der Waals surface area contributed by atoms with Gasteiger partial charge in [-0.05, 0) is 24.0 Å². The fourth-order valence-corrected chi connectivity index (χ4v) is 2.27. The molecule has 0 aliphatic rings. The Hall–Kier alpha value is -1.82. The number of nitrogens with zero attached hydrogens (tertiary/aromatic N) is 1. The summed E-state index contributed by atoms with van der Waals surface area (Å²) in [6.07, 6.45) is 2.47. The van der Waals surface area contributed by atoms with Gasteiger partial charge >= 0.3 is 0 Å². The number of amides is 1. The first-order valence-corrected chi connectivity index (χ1v) is 7.39. The van der Waals surface area contributed by atoms with Gasteiger partial charge in [-0.1, -0.05) is 38.1 Å². The van der Waals surface area contributed by atoms with Crippen molar-refractivity contribution in [2.75, 3.05) is 7.05 Å². The van der Waals surface area contributed by atoms with E-state index in [2.05, 4.69) is 34.4 Å². The number of aryl methyl sites for hydroxylation is 1. The van der Waals surface area contributed by atoms with Gasteiger partial charge in [0, 0.05) is 26.3 Å². The highest BCUT2D eigenvalue weighted by atomic mass is 16.2. The maximum Gasteiger partial charge on any atom is 0.231 e. The number of carbonyl (C=O) groups excluding carboxylic acids is 1. The van der Waals surface area contributed by atoms with Crippen molar-refractivity contribution in [2.45, 2.75) is 52.5 Å². The average molecular weight is 286 g/mol. The Morgan fingerprint density at radius 2 is 1.67 bits per heavy atom. The molecule has 0 aromatic heterocycles. The molecule has 0 saturated carbocycles. The minimum Gasteiger partial charge on any atom is -0.359 e. The molecular weight excluding hydrogens is 260 g/mol. The molecule has 3 heteroatoms. The maximum atomic E-state index is 11.8. The Kier molecular flexibility index (Phi) is 5.54. The van der Waals surface area contributed by atoms with Crippen LogP contribution in [0, 0.1) is 12.0 Å². The number of carbonyl (C=O) groups is 1. The van der Waals surface area contributed by atoms with Gasteiger partial charge in [0.15, 0.2) is 0 Å². The fourth-order valence-electron chi connectivity index (χ4n) is 2.27. The second-order valence-corrected chi connectivity index (χ2v) is 6.88. The van der Waals surface area contributed by atoms with Gasteiger partial charge < -0.3 is 10.2 Å².